The van der Waals surface area contributed by atoms with E-state index in [2.05, 4.69) is 41.3 Å². The van der Waals surface area contributed by atoms with Crippen LogP contribution in [0, 0.1) is 0 Å². The molecule has 1 heterocycles. The summed E-state index contributed by atoms with van der Waals surface area (Å²) in [6, 6.07) is 8.30. The number of aromatic nitrogens is 3. The van der Waals surface area contributed by atoms with Crippen molar-refractivity contribution in [3.63, 3.8) is 0 Å². The van der Waals surface area contributed by atoms with Gasteiger partial charge in [-0.3, -0.25) is 0 Å². The van der Waals surface area contributed by atoms with Crippen LogP contribution < -0.4 is 4.74 Å². The van der Waals surface area contributed by atoms with Crippen LogP contribution in [-0.4, -0.2) is 21.4 Å². The van der Waals surface area contributed by atoms with Crippen molar-refractivity contribution >= 4 is 0 Å². The average molecular weight is 400 g/mol. The highest BCUT2D eigenvalue weighted by molar-refractivity contribution is 5.27. The average Bonchev–Trinajstić information content (AvgIpc) is 3.25. The van der Waals surface area contributed by atoms with Gasteiger partial charge in [0.25, 0.3) is 0 Å². The molecule has 0 saturated heterocycles. The first-order valence-corrected chi connectivity index (χ1v) is 11.9. The smallest absolute Gasteiger partial charge is 0.137 e. The fourth-order valence-corrected chi connectivity index (χ4v) is 3.68. The monoisotopic (exact) mass is 399 g/mol. The quantitative estimate of drug-likeness (QED) is 0.249. The Balaban J connectivity index is 1.36. The molecule has 0 N–H and O–H groups in total. The Morgan fingerprint density at radius 2 is 1.28 bits per heavy atom. The van der Waals surface area contributed by atoms with Gasteiger partial charge in [-0.1, -0.05) is 103 Å². The van der Waals surface area contributed by atoms with E-state index in [-0.39, 0.29) is 0 Å². The van der Waals surface area contributed by atoms with Gasteiger partial charge in [-0.25, -0.2) is 9.67 Å². The molecule has 1 aromatic carbocycles. The van der Waals surface area contributed by atoms with Crippen molar-refractivity contribution < 1.29 is 4.74 Å². The first kappa shape index (κ1) is 23.4. The van der Waals surface area contributed by atoms with Crippen LogP contribution in [0.25, 0.3) is 0 Å². The first-order valence-electron chi connectivity index (χ1n) is 11.9. The van der Waals surface area contributed by atoms with Crippen molar-refractivity contribution in [2.75, 3.05) is 6.61 Å². The minimum absolute atomic E-state index is 0.749. The Kier molecular flexibility index (Phi) is 12.9. The van der Waals surface area contributed by atoms with Gasteiger partial charge in [0.05, 0.1) is 13.2 Å². The molecule has 0 aliphatic heterocycles. The third kappa shape index (κ3) is 11.7. The topological polar surface area (TPSA) is 39.9 Å². The molecular weight excluding hydrogens is 358 g/mol. The molecule has 4 heteroatoms. The predicted octanol–water partition coefficient (Wildman–Crippen LogP) is 7.19. The van der Waals surface area contributed by atoms with E-state index in [0.717, 1.165) is 25.3 Å². The molecule has 162 valence electrons. The van der Waals surface area contributed by atoms with Gasteiger partial charge in [0.15, 0.2) is 0 Å². The highest BCUT2D eigenvalue weighted by atomic mass is 16.5. The SMILES string of the molecule is CCCCCCCCCCCCCCCCOc1ccc(Cn2cncn2)cc1. The van der Waals surface area contributed by atoms with Crippen LogP contribution in [0.1, 0.15) is 102 Å². The summed E-state index contributed by atoms with van der Waals surface area (Å²) in [5.41, 5.74) is 1.21. The maximum absolute atomic E-state index is 5.87. The lowest BCUT2D eigenvalue weighted by atomic mass is 10.0. The Bertz CT molecular complexity index is 595. The van der Waals surface area contributed by atoms with E-state index in [1.54, 1.807) is 12.7 Å². The normalized spacial score (nSPS) is 11.1. The Morgan fingerprint density at radius 3 is 1.79 bits per heavy atom. The summed E-state index contributed by atoms with van der Waals surface area (Å²) in [7, 11) is 0. The van der Waals surface area contributed by atoms with Gasteiger partial charge in [0.1, 0.15) is 18.4 Å². The summed E-state index contributed by atoms with van der Waals surface area (Å²) in [5, 5.41) is 4.13. The molecule has 1 aromatic heterocycles. The minimum Gasteiger partial charge on any atom is -0.494 e. The van der Waals surface area contributed by atoms with Crippen molar-refractivity contribution in [3.05, 3.63) is 42.5 Å². The standard InChI is InChI=1S/C25H41N3O/c1-2-3-4-5-6-7-8-9-10-11-12-13-14-15-20-29-25-18-16-24(17-19-25)21-28-23-26-22-27-28/h16-19,22-23H,2-15,20-21H2,1H3. The summed E-state index contributed by atoms with van der Waals surface area (Å²) in [5.74, 6) is 0.960. The van der Waals surface area contributed by atoms with Crippen molar-refractivity contribution in [2.24, 2.45) is 0 Å². The summed E-state index contributed by atoms with van der Waals surface area (Å²) in [4.78, 5) is 3.97. The molecule has 4 nitrogen and oxygen atoms in total. The molecule has 0 aliphatic carbocycles. The third-order valence-electron chi connectivity index (χ3n) is 5.50. The molecule has 0 radical (unpaired) electrons. The number of unbranched alkanes of at least 4 members (excludes halogenated alkanes) is 13. The van der Waals surface area contributed by atoms with Gasteiger partial charge in [0.2, 0.25) is 0 Å². The van der Waals surface area contributed by atoms with E-state index in [0.29, 0.717) is 0 Å². The van der Waals surface area contributed by atoms with Crippen molar-refractivity contribution in [2.45, 2.75) is 103 Å². The lowest BCUT2D eigenvalue weighted by Crippen LogP contribution is -2.00. The lowest BCUT2D eigenvalue weighted by molar-refractivity contribution is 0.304. The maximum Gasteiger partial charge on any atom is 0.137 e. The fraction of sp³-hybridized carbons (Fsp3) is 0.680. The van der Waals surface area contributed by atoms with Crippen molar-refractivity contribution in [1.82, 2.24) is 14.8 Å². The summed E-state index contributed by atoms with van der Waals surface area (Å²) >= 11 is 0. The van der Waals surface area contributed by atoms with E-state index in [9.17, 15) is 0 Å². The number of ether oxygens (including phenoxy) is 1. The van der Waals surface area contributed by atoms with Crippen LogP contribution in [0.15, 0.2) is 36.9 Å². The highest BCUT2D eigenvalue weighted by Gasteiger charge is 1.99. The van der Waals surface area contributed by atoms with Crippen LogP contribution in [0.4, 0.5) is 0 Å². The van der Waals surface area contributed by atoms with Crippen LogP contribution in [0.3, 0.4) is 0 Å². The van der Waals surface area contributed by atoms with Crippen LogP contribution in [0.2, 0.25) is 0 Å². The van der Waals surface area contributed by atoms with Gasteiger partial charge in [-0.15, -0.1) is 0 Å². The molecule has 2 aromatic rings. The molecule has 0 amide bonds. The van der Waals surface area contributed by atoms with Crippen molar-refractivity contribution in [3.8, 4) is 5.75 Å². The van der Waals surface area contributed by atoms with E-state index >= 15 is 0 Å². The molecule has 2 rings (SSSR count). The Hall–Kier alpha value is -1.84. The first-order chi connectivity index (χ1) is 14.4. The summed E-state index contributed by atoms with van der Waals surface area (Å²) in [6.45, 7) is 3.86. The van der Waals surface area contributed by atoms with Crippen LogP contribution in [0.5, 0.6) is 5.75 Å². The Labute approximate surface area is 178 Å². The second kappa shape index (κ2) is 16.0. The van der Waals surface area contributed by atoms with Crippen LogP contribution >= 0.6 is 0 Å². The zero-order chi connectivity index (χ0) is 20.4. The fourth-order valence-electron chi connectivity index (χ4n) is 3.68. The second-order valence-corrected chi connectivity index (χ2v) is 8.18. The van der Waals surface area contributed by atoms with E-state index < -0.39 is 0 Å². The van der Waals surface area contributed by atoms with Crippen molar-refractivity contribution in [1.29, 1.82) is 0 Å². The lowest BCUT2D eigenvalue weighted by Gasteiger charge is -2.07. The van der Waals surface area contributed by atoms with E-state index in [1.165, 1.54) is 89.0 Å². The minimum atomic E-state index is 0.749. The van der Waals surface area contributed by atoms with Gasteiger partial charge in [-0.05, 0) is 24.1 Å². The molecule has 0 aliphatic rings. The molecule has 0 unspecified atom stereocenters. The van der Waals surface area contributed by atoms with E-state index in [1.807, 2.05) is 4.68 Å². The molecule has 0 bridgehead atoms. The van der Waals surface area contributed by atoms with Gasteiger partial charge in [-0.2, -0.15) is 5.10 Å². The largest absolute Gasteiger partial charge is 0.494 e. The third-order valence-corrected chi connectivity index (χ3v) is 5.50. The summed E-state index contributed by atoms with van der Waals surface area (Å²) in [6.07, 6.45) is 22.7. The molecule has 0 atom stereocenters. The van der Waals surface area contributed by atoms with Gasteiger partial charge >= 0.3 is 0 Å². The summed E-state index contributed by atoms with van der Waals surface area (Å²) < 4.78 is 7.69. The molecular formula is C25H41N3O. The maximum atomic E-state index is 5.87. The predicted molar refractivity (Wildman–Crippen MR) is 121 cm³/mol. The van der Waals surface area contributed by atoms with E-state index in [4.69, 9.17) is 4.74 Å². The number of hydrogen-bond acceptors (Lipinski definition) is 3. The second-order valence-electron chi connectivity index (χ2n) is 8.18. The van der Waals surface area contributed by atoms with Gasteiger partial charge in [0, 0.05) is 0 Å². The molecule has 0 saturated carbocycles. The highest BCUT2D eigenvalue weighted by Crippen LogP contribution is 2.15. The van der Waals surface area contributed by atoms with Gasteiger partial charge < -0.3 is 4.74 Å². The number of nitrogens with zero attached hydrogens (tertiary/aromatic N) is 3. The Morgan fingerprint density at radius 1 is 0.724 bits per heavy atom. The molecule has 29 heavy (non-hydrogen) atoms. The number of rotatable bonds is 18. The zero-order valence-corrected chi connectivity index (χ0v) is 18.5. The van der Waals surface area contributed by atoms with Crippen LogP contribution in [-0.2, 0) is 6.54 Å². The zero-order valence-electron chi connectivity index (χ0n) is 18.5. The molecule has 0 spiro atoms. The number of hydrogen-bond donors (Lipinski definition) is 0. The molecule has 0 fully saturated rings. The number of benzene rings is 1.